The number of ketones is 1. The lowest BCUT2D eigenvalue weighted by molar-refractivity contribution is -0.151. The van der Waals surface area contributed by atoms with E-state index < -0.39 is 17.9 Å². The van der Waals surface area contributed by atoms with Crippen molar-refractivity contribution in [1.82, 2.24) is 0 Å². The fourth-order valence-corrected chi connectivity index (χ4v) is 3.96. The summed E-state index contributed by atoms with van der Waals surface area (Å²) in [4.78, 5) is 25.7. The normalized spacial score (nSPS) is 24.3. The number of esters is 1. The Labute approximate surface area is 157 Å². The van der Waals surface area contributed by atoms with Crippen LogP contribution >= 0.6 is 0 Å². The average Bonchev–Trinajstić information content (AvgIpc) is 3.00. The molecule has 0 fully saturated rings. The van der Waals surface area contributed by atoms with E-state index in [2.05, 4.69) is 10.6 Å². The molecule has 0 saturated carbocycles. The summed E-state index contributed by atoms with van der Waals surface area (Å²) in [7, 11) is 1.32. The van der Waals surface area contributed by atoms with Crippen molar-refractivity contribution in [2.75, 3.05) is 17.7 Å². The molecule has 1 aromatic carbocycles. The molecular formula is C21H22N2O4. The molecule has 2 N–H and O–H groups in total. The van der Waals surface area contributed by atoms with Gasteiger partial charge in [0.2, 0.25) is 0 Å². The Bertz CT molecular complexity index is 943. The van der Waals surface area contributed by atoms with Gasteiger partial charge in [0.15, 0.2) is 5.78 Å². The number of rotatable bonds is 2. The SMILES string of the molecule is COC(=O)[C@@H]1C(=O)C2=C(C[C@@H]1C)Nc1ccccc1N[C@@H]2c1ccc(C)o1. The summed E-state index contributed by atoms with van der Waals surface area (Å²) >= 11 is 0. The van der Waals surface area contributed by atoms with Gasteiger partial charge < -0.3 is 19.8 Å². The molecule has 0 saturated heterocycles. The van der Waals surface area contributed by atoms with Crippen molar-refractivity contribution in [1.29, 1.82) is 0 Å². The molecule has 0 spiro atoms. The highest BCUT2D eigenvalue weighted by Gasteiger charge is 2.44. The molecule has 4 rings (SSSR count). The van der Waals surface area contributed by atoms with Crippen molar-refractivity contribution in [3.8, 4) is 0 Å². The van der Waals surface area contributed by atoms with Gasteiger partial charge in [-0.25, -0.2) is 0 Å². The molecule has 6 nitrogen and oxygen atoms in total. The maximum Gasteiger partial charge on any atom is 0.316 e. The molecule has 0 radical (unpaired) electrons. The number of nitrogens with one attached hydrogen (secondary N) is 2. The molecule has 3 atom stereocenters. The lowest BCUT2D eigenvalue weighted by Crippen LogP contribution is -2.39. The summed E-state index contributed by atoms with van der Waals surface area (Å²) in [5, 5.41) is 6.83. The monoisotopic (exact) mass is 366 g/mol. The quantitative estimate of drug-likeness (QED) is 0.621. The molecule has 1 aromatic heterocycles. The van der Waals surface area contributed by atoms with Gasteiger partial charge in [-0.1, -0.05) is 19.1 Å². The van der Waals surface area contributed by atoms with E-state index in [4.69, 9.17) is 9.15 Å². The predicted molar refractivity (Wildman–Crippen MR) is 101 cm³/mol. The van der Waals surface area contributed by atoms with Crippen LogP contribution in [0.2, 0.25) is 0 Å². The van der Waals surface area contributed by atoms with Gasteiger partial charge in [-0.3, -0.25) is 9.59 Å². The third-order valence-electron chi connectivity index (χ3n) is 5.27. The first-order valence-corrected chi connectivity index (χ1v) is 9.03. The van der Waals surface area contributed by atoms with E-state index in [1.165, 1.54) is 7.11 Å². The smallest absolute Gasteiger partial charge is 0.316 e. The molecule has 2 heterocycles. The summed E-state index contributed by atoms with van der Waals surface area (Å²) in [6.07, 6.45) is 0.576. The number of fused-ring (bicyclic) bond motifs is 1. The van der Waals surface area contributed by atoms with E-state index in [1.807, 2.05) is 50.2 Å². The number of allylic oxidation sites excluding steroid dienone is 1. The van der Waals surface area contributed by atoms with Crippen LogP contribution in [0.3, 0.4) is 0 Å². The van der Waals surface area contributed by atoms with Crippen molar-refractivity contribution in [2.24, 2.45) is 11.8 Å². The van der Waals surface area contributed by atoms with Gasteiger partial charge in [0.25, 0.3) is 0 Å². The molecule has 27 heavy (non-hydrogen) atoms. The Morgan fingerprint density at radius 3 is 2.59 bits per heavy atom. The van der Waals surface area contributed by atoms with Crippen LogP contribution in [0.4, 0.5) is 11.4 Å². The number of anilines is 2. The summed E-state index contributed by atoms with van der Waals surface area (Å²) in [6, 6.07) is 11.1. The minimum atomic E-state index is -0.808. The van der Waals surface area contributed by atoms with Crippen molar-refractivity contribution >= 4 is 23.1 Å². The summed E-state index contributed by atoms with van der Waals surface area (Å²) < 4.78 is 10.7. The minimum Gasteiger partial charge on any atom is -0.468 e. The number of Topliss-reactive ketones (excluding diaryl/α,β-unsaturated/α-hetero) is 1. The second kappa shape index (κ2) is 6.61. The van der Waals surface area contributed by atoms with Crippen LogP contribution in [0.15, 0.2) is 52.1 Å². The van der Waals surface area contributed by atoms with Crippen molar-refractivity contribution in [3.63, 3.8) is 0 Å². The number of para-hydroxylation sites is 2. The largest absolute Gasteiger partial charge is 0.468 e. The maximum atomic E-state index is 13.4. The minimum absolute atomic E-state index is 0.152. The molecule has 1 aliphatic carbocycles. The Morgan fingerprint density at radius 2 is 1.93 bits per heavy atom. The number of hydrogen-bond donors (Lipinski definition) is 2. The topological polar surface area (TPSA) is 80.6 Å². The number of furan rings is 1. The molecule has 2 aromatic rings. The van der Waals surface area contributed by atoms with Crippen LogP contribution in [0.1, 0.15) is 30.9 Å². The molecule has 0 bridgehead atoms. The van der Waals surface area contributed by atoms with E-state index in [9.17, 15) is 9.59 Å². The van der Waals surface area contributed by atoms with Gasteiger partial charge in [-0.05, 0) is 43.5 Å². The lowest BCUT2D eigenvalue weighted by Gasteiger charge is -2.31. The number of benzene rings is 1. The Balaban J connectivity index is 1.86. The van der Waals surface area contributed by atoms with E-state index in [0.717, 1.165) is 22.8 Å². The zero-order valence-electron chi connectivity index (χ0n) is 15.5. The van der Waals surface area contributed by atoms with Gasteiger partial charge in [0.05, 0.1) is 18.5 Å². The van der Waals surface area contributed by atoms with Gasteiger partial charge in [0.1, 0.15) is 23.5 Å². The first-order valence-electron chi connectivity index (χ1n) is 9.03. The second-order valence-corrected chi connectivity index (χ2v) is 7.14. The van der Waals surface area contributed by atoms with Crippen molar-refractivity contribution in [2.45, 2.75) is 26.3 Å². The number of ether oxygens (including phenoxy) is 1. The highest BCUT2D eigenvalue weighted by Crippen LogP contribution is 2.43. The summed E-state index contributed by atoms with van der Waals surface area (Å²) in [6.45, 7) is 3.77. The zero-order valence-corrected chi connectivity index (χ0v) is 15.5. The van der Waals surface area contributed by atoms with Crippen LogP contribution in [0, 0.1) is 18.8 Å². The summed E-state index contributed by atoms with van der Waals surface area (Å²) in [5.41, 5.74) is 3.13. The van der Waals surface area contributed by atoms with Crippen LogP contribution in [-0.2, 0) is 14.3 Å². The third kappa shape index (κ3) is 2.91. The third-order valence-corrected chi connectivity index (χ3v) is 5.27. The fourth-order valence-electron chi connectivity index (χ4n) is 3.96. The van der Waals surface area contributed by atoms with Crippen molar-refractivity contribution in [3.05, 3.63) is 59.2 Å². The Kier molecular flexibility index (Phi) is 4.26. The van der Waals surface area contributed by atoms with E-state index in [1.54, 1.807) is 0 Å². The first kappa shape index (κ1) is 17.4. The van der Waals surface area contributed by atoms with Crippen LogP contribution in [-0.4, -0.2) is 18.9 Å². The standard InChI is InChI=1S/C21H22N2O4/c1-11-10-15-18(20(24)17(11)21(25)26-3)19(16-9-8-12(2)27-16)23-14-7-5-4-6-13(14)22-15/h4-9,11,17,19,22-23H,10H2,1-3H3/t11-,17-,19+/m0/s1. The Morgan fingerprint density at radius 1 is 1.19 bits per heavy atom. The van der Waals surface area contributed by atoms with E-state index in [0.29, 0.717) is 17.8 Å². The van der Waals surface area contributed by atoms with Gasteiger partial charge in [-0.2, -0.15) is 0 Å². The van der Waals surface area contributed by atoms with Crippen LogP contribution in [0.5, 0.6) is 0 Å². The first-order chi connectivity index (χ1) is 13.0. The highest BCUT2D eigenvalue weighted by atomic mass is 16.5. The van der Waals surface area contributed by atoms with Crippen molar-refractivity contribution < 1.29 is 18.7 Å². The lowest BCUT2D eigenvalue weighted by atomic mass is 9.75. The molecule has 6 heteroatoms. The average molecular weight is 366 g/mol. The van der Waals surface area contributed by atoms with Gasteiger partial charge >= 0.3 is 5.97 Å². The second-order valence-electron chi connectivity index (χ2n) is 7.14. The van der Waals surface area contributed by atoms with Gasteiger partial charge in [-0.15, -0.1) is 0 Å². The summed E-state index contributed by atoms with van der Waals surface area (Å²) in [5.74, 6) is -0.263. The molecule has 1 aliphatic heterocycles. The number of carbonyl (C=O) groups is 2. The number of carbonyl (C=O) groups excluding carboxylic acids is 2. The van der Waals surface area contributed by atoms with Gasteiger partial charge in [0, 0.05) is 11.3 Å². The molecule has 0 unspecified atom stereocenters. The highest BCUT2D eigenvalue weighted by molar-refractivity contribution is 6.11. The zero-order chi connectivity index (χ0) is 19.1. The number of methoxy groups -OCH3 is 1. The van der Waals surface area contributed by atoms with Crippen LogP contribution < -0.4 is 10.6 Å². The number of hydrogen-bond acceptors (Lipinski definition) is 6. The van der Waals surface area contributed by atoms with Crippen LogP contribution in [0.25, 0.3) is 0 Å². The molecule has 140 valence electrons. The maximum absolute atomic E-state index is 13.4. The Hall–Kier alpha value is -3.02. The molecule has 0 amide bonds. The molecule has 2 aliphatic rings. The fraction of sp³-hybridized carbons (Fsp3) is 0.333. The predicted octanol–water partition coefficient (Wildman–Crippen LogP) is 3.82. The number of aryl methyl sites for hydroxylation is 1. The van der Waals surface area contributed by atoms with E-state index in [-0.39, 0.29) is 11.7 Å². The van der Waals surface area contributed by atoms with E-state index >= 15 is 0 Å². The molecular weight excluding hydrogens is 344 g/mol.